The molecule has 0 atom stereocenters. The molecule has 5 nitrogen and oxygen atoms in total. The number of benzene rings is 1. The van der Waals surface area contributed by atoms with Gasteiger partial charge in [0.2, 0.25) is 0 Å². The molecular weight excluding hydrogens is 495 g/mol. The van der Waals surface area contributed by atoms with Crippen LogP contribution in [0.2, 0.25) is 0 Å². The number of halogens is 2. The molecule has 142 valence electrons. The summed E-state index contributed by atoms with van der Waals surface area (Å²) in [6, 6.07) is 8.81. The second-order valence-corrected chi connectivity index (χ2v) is 6.99. The van der Waals surface area contributed by atoms with Gasteiger partial charge in [-0.1, -0.05) is 28.1 Å². The summed E-state index contributed by atoms with van der Waals surface area (Å²) >= 11 is 3.46. The van der Waals surface area contributed by atoms with Crippen molar-refractivity contribution >= 4 is 45.9 Å². The standard InChI is InChI=1S/C18H29BrN4O.HI/c1-3-20-18(21-14-15-4-6-16(19)7-5-15)22-17-8-10-23(11-9-17)12-13-24-2;/h4-7,17H,3,8-14H2,1-2H3,(H2,20,21,22);1H. The minimum absolute atomic E-state index is 0. The van der Waals surface area contributed by atoms with Crippen LogP contribution < -0.4 is 10.6 Å². The first kappa shape index (κ1) is 22.7. The van der Waals surface area contributed by atoms with Crippen LogP contribution in [0, 0.1) is 0 Å². The van der Waals surface area contributed by atoms with Gasteiger partial charge < -0.3 is 20.3 Å². The predicted molar refractivity (Wildman–Crippen MR) is 119 cm³/mol. The molecule has 0 aliphatic carbocycles. The Labute approximate surface area is 177 Å². The van der Waals surface area contributed by atoms with Gasteiger partial charge in [-0.25, -0.2) is 4.99 Å². The molecule has 0 bridgehead atoms. The van der Waals surface area contributed by atoms with Crippen molar-refractivity contribution in [2.24, 2.45) is 4.99 Å². The largest absolute Gasteiger partial charge is 0.383 e. The Bertz CT molecular complexity index is 504. The topological polar surface area (TPSA) is 48.9 Å². The van der Waals surface area contributed by atoms with Crippen LogP contribution in [-0.2, 0) is 11.3 Å². The number of ether oxygens (including phenoxy) is 1. The summed E-state index contributed by atoms with van der Waals surface area (Å²) in [5.41, 5.74) is 1.21. The van der Waals surface area contributed by atoms with Gasteiger partial charge in [0, 0.05) is 43.8 Å². The second-order valence-electron chi connectivity index (χ2n) is 6.07. The van der Waals surface area contributed by atoms with Crippen LogP contribution in [0.25, 0.3) is 0 Å². The summed E-state index contributed by atoms with van der Waals surface area (Å²) < 4.78 is 6.26. The summed E-state index contributed by atoms with van der Waals surface area (Å²) in [5.74, 6) is 0.913. The zero-order valence-electron chi connectivity index (χ0n) is 15.1. The minimum atomic E-state index is 0. The van der Waals surface area contributed by atoms with Crippen molar-refractivity contribution in [2.75, 3.05) is 39.9 Å². The summed E-state index contributed by atoms with van der Waals surface area (Å²) in [6.07, 6.45) is 2.29. The van der Waals surface area contributed by atoms with Crippen LogP contribution in [0.3, 0.4) is 0 Å². The molecule has 1 aliphatic rings. The number of piperidine rings is 1. The summed E-state index contributed by atoms with van der Waals surface area (Å²) in [4.78, 5) is 7.19. The number of hydrogen-bond acceptors (Lipinski definition) is 3. The quantitative estimate of drug-likeness (QED) is 0.326. The van der Waals surface area contributed by atoms with Gasteiger partial charge in [-0.05, 0) is 37.5 Å². The van der Waals surface area contributed by atoms with E-state index in [9.17, 15) is 0 Å². The highest BCUT2D eigenvalue weighted by molar-refractivity contribution is 14.0. The van der Waals surface area contributed by atoms with Crippen molar-refractivity contribution in [3.8, 4) is 0 Å². The number of hydrogen-bond donors (Lipinski definition) is 2. The maximum Gasteiger partial charge on any atom is 0.191 e. The zero-order valence-corrected chi connectivity index (χ0v) is 19.0. The van der Waals surface area contributed by atoms with E-state index in [4.69, 9.17) is 9.73 Å². The average molecular weight is 525 g/mol. The fraction of sp³-hybridized carbons (Fsp3) is 0.611. The fourth-order valence-electron chi connectivity index (χ4n) is 2.79. The van der Waals surface area contributed by atoms with E-state index >= 15 is 0 Å². The van der Waals surface area contributed by atoms with Crippen LogP contribution in [0.1, 0.15) is 25.3 Å². The third-order valence-electron chi connectivity index (χ3n) is 4.22. The molecule has 0 radical (unpaired) electrons. The van der Waals surface area contributed by atoms with E-state index in [-0.39, 0.29) is 24.0 Å². The number of aliphatic imine (C=N–C) groups is 1. The van der Waals surface area contributed by atoms with Crippen LogP contribution in [0.15, 0.2) is 33.7 Å². The molecule has 1 aromatic carbocycles. The van der Waals surface area contributed by atoms with Gasteiger partial charge in [0.15, 0.2) is 5.96 Å². The fourth-order valence-corrected chi connectivity index (χ4v) is 3.06. The normalized spacial score (nSPS) is 16.4. The maximum absolute atomic E-state index is 5.16. The van der Waals surface area contributed by atoms with E-state index in [1.807, 2.05) is 0 Å². The van der Waals surface area contributed by atoms with Gasteiger partial charge in [-0.15, -0.1) is 24.0 Å². The maximum atomic E-state index is 5.16. The van der Waals surface area contributed by atoms with E-state index in [0.717, 1.165) is 56.1 Å². The molecular formula is C18H30BrIN4O. The number of likely N-dealkylation sites (tertiary alicyclic amines) is 1. The minimum Gasteiger partial charge on any atom is -0.383 e. The molecule has 1 saturated heterocycles. The first-order valence-corrected chi connectivity index (χ1v) is 9.51. The number of methoxy groups -OCH3 is 1. The van der Waals surface area contributed by atoms with Crippen molar-refractivity contribution < 1.29 is 4.74 Å². The first-order valence-electron chi connectivity index (χ1n) is 8.72. The number of rotatable bonds is 7. The lowest BCUT2D eigenvalue weighted by atomic mass is 10.1. The van der Waals surface area contributed by atoms with Gasteiger partial charge in [0.25, 0.3) is 0 Å². The molecule has 1 heterocycles. The highest BCUT2D eigenvalue weighted by atomic mass is 127. The SMILES string of the molecule is CCNC(=NCc1ccc(Br)cc1)NC1CCN(CCOC)CC1.I. The Hall–Kier alpha value is -0.380. The Kier molecular flexibility index (Phi) is 11.7. The molecule has 25 heavy (non-hydrogen) atoms. The monoisotopic (exact) mass is 524 g/mol. The van der Waals surface area contributed by atoms with Gasteiger partial charge >= 0.3 is 0 Å². The molecule has 0 amide bonds. The van der Waals surface area contributed by atoms with Crippen molar-refractivity contribution in [3.63, 3.8) is 0 Å². The van der Waals surface area contributed by atoms with Gasteiger partial charge in [-0.3, -0.25) is 0 Å². The van der Waals surface area contributed by atoms with Crippen molar-refractivity contribution in [1.29, 1.82) is 0 Å². The smallest absolute Gasteiger partial charge is 0.191 e. The third kappa shape index (κ3) is 8.70. The van der Waals surface area contributed by atoms with Crippen LogP contribution in [0.4, 0.5) is 0 Å². The van der Waals surface area contributed by atoms with Crippen molar-refractivity contribution in [2.45, 2.75) is 32.4 Å². The van der Waals surface area contributed by atoms with Crippen molar-refractivity contribution in [3.05, 3.63) is 34.3 Å². The molecule has 2 N–H and O–H groups in total. The molecule has 0 saturated carbocycles. The van der Waals surface area contributed by atoms with Crippen LogP contribution in [0.5, 0.6) is 0 Å². The van der Waals surface area contributed by atoms with Gasteiger partial charge in [-0.2, -0.15) is 0 Å². The molecule has 0 aromatic heterocycles. The number of nitrogens with zero attached hydrogens (tertiary/aromatic N) is 2. The lowest BCUT2D eigenvalue weighted by Gasteiger charge is -2.32. The number of guanidine groups is 1. The van der Waals surface area contributed by atoms with E-state index in [1.165, 1.54) is 5.56 Å². The van der Waals surface area contributed by atoms with E-state index in [1.54, 1.807) is 7.11 Å². The Balaban J connectivity index is 0.00000312. The van der Waals surface area contributed by atoms with E-state index in [0.29, 0.717) is 12.6 Å². The Morgan fingerprint density at radius 2 is 1.96 bits per heavy atom. The van der Waals surface area contributed by atoms with Crippen molar-refractivity contribution in [1.82, 2.24) is 15.5 Å². The molecule has 2 rings (SSSR count). The molecule has 1 fully saturated rings. The Morgan fingerprint density at radius 1 is 1.28 bits per heavy atom. The van der Waals surface area contributed by atoms with Crippen LogP contribution in [-0.4, -0.2) is 56.8 Å². The molecule has 0 unspecified atom stereocenters. The Morgan fingerprint density at radius 3 is 2.56 bits per heavy atom. The third-order valence-corrected chi connectivity index (χ3v) is 4.75. The summed E-state index contributed by atoms with van der Waals surface area (Å²) in [5, 5.41) is 6.94. The van der Waals surface area contributed by atoms with E-state index < -0.39 is 0 Å². The molecule has 7 heteroatoms. The molecule has 0 spiro atoms. The first-order chi connectivity index (χ1) is 11.7. The predicted octanol–water partition coefficient (Wildman–Crippen LogP) is 3.23. The van der Waals surface area contributed by atoms with E-state index in [2.05, 4.69) is 62.7 Å². The van der Waals surface area contributed by atoms with Gasteiger partial charge in [0.05, 0.1) is 13.2 Å². The average Bonchev–Trinajstić information content (AvgIpc) is 2.60. The highest BCUT2D eigenvalue weighted by Crippen LogP contribution is 2.12. The highest BCUT2D eigenvalue weighted by Gasteiger charge is 2.19. The number of nitrogens with one attached hydrogen (secondary N) is 2. The molecule has 1 aromatic rings. The molecule has 1 aliphatic heterocycles. The second kappa shape index (κ2) is 12.9. The zero-order chi connectivity index (χ0) is 17.2. The lowest BCUT2D eigenvalue weighted by molar-refractivity contribution is 0.128. The van der Waals surface area contributed by atoms with Gasteiger partial charge in [0.1, 0.15) is 0 Å². The lowest BCUT2D eigenvalue weighted by Crippen LogP contribution is -2.49. The summed E-state index contributed by atoms with van der Waals surface area (Å²) in [7, 11) is 1.76. The van der Waals surface area contributed by atoms with Crippen LogP contribution >= 0.6 is 39.9 Å². The summed E-state index contributed by atoms with van der Waals surface area (Å²) in [6.45, 7) is 7.74.